The van der Waals surface area contributed by atoms with Crippen LogP contribution in [0.5, 0.6) is 0 Å². The highest BCUT2D eigenvalue weighted by Gasteiger charge is 2.50. The van der Waals surface area contributed by atoms with Gasteiger partial charge in [-0.25, -0.2) is 0 Å². The summed E-state index contributed by atoms with van der Waals surface area (Å²) in [5.41, 5.74) is 12.0. The van der Waals surface area contributed by atoms with Crippen molar-refractivity contribution in [2.45, 2.75) is 12.3 Å². The molecule has 0 radical (unpaired) electrons. The second kappa shape index (κ2) is 7.03. The van der Waals surface area contributed by atoms with Crippen LogP contribution in [0.1, 0.15) is 34.7 Å². The van der Waals surface area contributed by atoms with E-state index in [0.717, 1.165) is 11.3 Å². The Morgan fingerprint density at radius 3 is 1.72 bits per heavy atom. The van der Waals surface area contributed by atoms with Crippen LogP contribution in [0.4, 0.5) is 0 Å². The normalized spacial score (nSPS) is 15.2. The molecule has 0 saturated heterocycles. The quantitative estimate of drug-likeness (QED) is 0.310. The summed E-state index contributed by atoms with van der Waals surface area (Å²) in [7, 11) is 0. The Hall–Kier alpha value is -3.97. The predicted octanol–water partition coefficient (Wildman–Crippen LogP) is 7.53. The maximum Gasteiger partial charge on any atom is 0.0686 e. The third-order valence-corrected chi connectivity index (χ3v) is 7.00. The average Bonchev–Trinajstić information content (AvgIpc) is 3.29. The number of hydrogen-bond donors (Lipinski definition) is 0. The Labute approximate surface area is 189 Å². The lowest BCUT2D eigenvalue weighted by atomic mass is 9.70. The van der Waals surface area contributed by atoms with Crippen LogP contribution in [0, 0.1) is 0 Å². The van der Waals surface area contributed by atoms with E-state index in [1.807, 2.05) is 24.4 Å². The molecule has 4 aromatic carbocycles. The lowest BCUT2D eigenvalue weighted by Gasteiger charge is -2.31. The molecule has 1 spiro atoms. The summed E-state index contributed by atoms with van der Waals surface area (Å²) < 4.78 is 0. The molecule has 2 aliphatic rings. The van der Waals surface area contributed by atoms with E-state index in [0.29, 0.717) is 0 Å². The Kier molecular flexibility index (Phi) is 4.13. The largest absolute Gasteiger partial charge is 0.256 e. The van der Waals surface area contributed by atoms with E-state index in [9.17, 15) is 0 Å². The van der Waals surface area contributed by atoms with Gasteiger partial charge in [0.15, 0.2) is 0 Å². The number of nitrogens with zero attached hydrogens (tertiary/aromatic N) is 1. The molecule has 0 heterocycles. The summed E-state index contributed by atoms with van der Waals surface area (Å²) in [6, 6.07) is 36.6. The summed E-state index contributed by atoms with van der Waals surface area (Å²) in [6.45, 7) is 6.48. The zero-order chi connectivity index (χ0) is 21.7. The van der Waals surface area contributed by atoms with Gasteiger partial charge in [-0.1, -0.05) is 110 Å². The van der Waals surface area contributed by atoms with Crippen molar-refractivity contribution in [2.24, 2.45) is 4.99 Å². The van der Waals surface area contributed by atoms with Crippen LogP contribution >= 0.6 is 0 Å². The first-order valence-electron chi connectivity index (χ1n) is 11.0. The monoisotopic (exact) mass is 409 g/mol. The van der Waals surface area contributed by atoms with Crippen molar-refractivity contribution in [3.8, 4) is 11.1 Å². The predicted molar refractivity (Wildman–Crippen MR) is 135 cm³/mol. The summed E-state index contributed by atoms with van der Waals surface area (Å²) in [6.07, 6.45) is 2.02. The average molecular weight is 410 g/mol. The lowest BCUT2D eigenvalue weighted by molar-refractivity contribution is 0.767. The van der Waals surface area contributed by atoms with Crippen molar-refractivity contribution in [3.05, 3.63) is 143 Å². The van der Waals surface area contributed by atoms with Gasteiger partial charge < -0.3 is 0 Å². The van der Waals surface area contributed by atoms with Gasteiger partial charge >= 0.3 is 0 Å². The SMILES string of the molecule is C=C(/N=C\C1=C(C)C2(c3ccccc31)c1ccccc1-c1ccccc12)c1ccccc1. The molecule has 4 aromatic rings. The van der Waals surface area contributed by atoms with Crippen molar-refractivity contribution in [1.82, 2.24) is 0 Å². The van der Waals surface area contributed by atoms with E-state index in [1.165, 1.54) is 44.5 Å². The van der Waals surface area contributed by atoms with E-state index in [1.54, 1.807) is 0 Å². The van der Waals surface area contributed by atoms with Gasteiger partial charge in [-0.2, -0.15) is 0 Å². The number of aliphatic imine (C=N–C) groups is 1. The molecule has 0 aliphatic heterocycles. The van der Waals surface area contributed by atoms with Gasteiger partial charge in [0.05, 0.1) is 11.1 Å². The molecule has 0 N–H and O–H groups in total. The van der Waals surface area contributed by atoms with Crippen molar-refractivity contribution in [2.75, 3.05) is 0 Å². The summed E-state index contributed by atoms with van der Waals surface area (Å²) >= 11 is 0. The third kappa shape index (κ3) is 2.42. The molecule has 2 aliphatic carbocycles. The Balaban J connectivity index is 1.60. The van der Waals surface area contributed by atoms with E-state index in [2.05, 4.69) is 98.4 Å². The van der Waals surface area contributed by atoms with Crippen molar-refractivity contribution in [1.29, 1.82) is 0 Å². The molecule has 1 nitrogen and oxygen atoms in total. The van der Waals surface area contributed by atoms with E-state index < -0.39 is 0 Å². The minimum absolute atomic E-state index is 0.279. The first-order chi connectivity index (χ1) is 15.7. The maximum absolute atomic E-state index is 4.81. The Bertz CT molecular complexity index is 1390. The second-order valence-corrected chi connectivity index (χ2v) is 8.50. The van der Waals surface area contributed by atoms with Gasteiger partial charge in [0.1, 0.15) is 0 Å². The van der Waals surface area contributed by atoms with Crippen molar-refractivity contribution in [3.63, 3.8) is 0 Å². The number of allylic oxidation sites excluding steroid dienone is 2. The third-order valence-electron chi connectivity index (χ3n) is 7.00. The fraction of sp³-hybridized carbons (Fsp3) is 0.0645. The molecule has 0 amide bonds. The first kappa shape index (κ1) is 18.8. The van der Waals surface area contributed by atoms with Crippen molar-refractivity contribution >= 4 is 17.5 Å². The highest BCUT2D eigenvalue weighted by atomic mass is 14.7. The van der Waals surface area contributed by atoms with Gasteiger partial charge in [-0.3, -0.25) is 4.99 Å². The van der Waals surface area contributed by atoms with E-state index >= 15 is 0 Å². The molecule has 0 fully saturated rings. The molecule has 0 bridgehead atoms. The lowest BCUT2D eigenvalue weighted by Crippen LogP contribution is -2.26. The summed E-state index contributed by atoms with van der Waals surface area (Å²) in [4.78, 5) is 4.81. The molecular weight excluding hydrogens is 386 g/mol. The number of benzene rings is 4. The minimum Gasteiger partial charge on any atom is -0.256 e. The van der Waals surface area contributed by atoms with Crippen LogP contribution in [0.25, 0.3) is 22.4 Å². The van der Waals surface area contributed by atoms with Gasteiger partial charge in [-0.15, -0.1) is 0 Å². The Morgan fingerprint density at radius 1 is 0.656 bits per heavy atom. The topological polar surface area (TPSA) is 12.4 Å². The van der Waals surface area contributed by atoms with Gasteiger partial charge in [-0.05, 0) is 51.4 Å². The molecule has 0 aromatic heterocycles. The van der Waals surface area contributed by atoms with Gasteiger partial charge in [0.25, 0.3) is 0 Å². The zero-order valence-electron chi connectivity index (χ0n) is 18.0. The summed E-state index contributed by atoms with van der Waals surface area (Å²) in [5.74, 6) is 0. The van der Waals surface area contributed by atoms with Crippen LogP contribution in [0.15, 0.2) is 120 Å². The molecule has 0 atom stereocenters. The molecule has 152 valence electrons. The smallest absolute Gasteiger partial charge is 0.0686 e. The van der Waals surface area contributed by atoms with Crippen LogP contribution in [0.2, 0.25) is 0 Å². The van der Waals surface area contributed by atoms with Crippen molar-refractivity contribution < 1.29 is 0 Å². The number of fused-ring (bicyclic) bond motifs is 7. The highest BCUT2D eigenvalue weighted by Crippen LogP contribution is 2.61. The summed E-state index contributed by atoms with van der Waals surface area (Å²) in [5, 5.41) is 0. The molecule has 0 unspecified atom stereocenters. The van der Waals surface area contributed by atoms with Gasteiger partial charge in [0, 0.05) is 11.8 Å². The van der Waals surface area contributed by atoms with E-state index in [4.69, 9.17) is 4.99 Å². The van der Waals surface area contributed by atoms with Crippen LogP contribution in [-0.4, -0.2) is 6.21 Å². The molecule has 0 saturated carbocycles. The fourth-order valence-electron chi connectivity index (χ4n) is 5.59. The standard InChI is InChI=1S/C31H23N/c1-21-27(20-32-22(2)23-12-4-3-5-13-23)26-16-8-11-19-30(26)31(21)28-17-9-6-14-24(28)25-15-7-10-18-29(25)31/h3-20H,2H2,1H3/b32-20-. The second-order valence-electron chi connectivity index (χ2n) is 8.50. The number of hydrogen-bond acceptors (Lipinski definition) is 1. The minimum atomic E-state index is -0.279. The number of rotatable bonds is 3. The van der Waals surface area contributed by atoms with E-state index in [-0.39, 0.29) is 5.41 Å². The molecule has 6 rings (SSSR count). The molecule has 32 heavy (non-hydrogen) atoms. The Morgan fingerprint density at radius 2 is 1.12 bits per heavy atom. The highest BCUT2D eigenvalue weighted by molar-refractivity contribution is 6.17. The molecule has 1 heteroatoms. The van der Waals surface area contributed by atoms with Crippen LogP contribution < -0.4 is 0 Å². The van der Waals surface area contributed by atoms with Crippen LogP contribution in [0.3, 0.4) is 0 Å². The molecular formula is C31H23N. The first-order valence-corrected chi connectivity index (χ1v) is 11.0. The maximum atomic E-state index is 4.81. The zero-order valence-corrected chi connectivity index (χ0v) is 18.0. The van der Waals surface area contributed by atoms with Gasteiger partial charge in [0.2, 0.25) is 0 Å². The van der Waals surface area contributed by atoms with Crippen LogP contribution in [-0.2, 0) is 5.41 Å². The fourth-order valence-corrected chi connectivity index (χ4v) is 5.59.